The number of carbonyl (C=O) groups is 1. The van der Waals surface area contributed by atoms with Gasteiger partial charge in [0.2, 0.25) is 5.91 Å². The Hall–Kier alpha value is -2.21. The predicted molar refractivity (Wildman–Crippen MR) is 118 cm³/mol. The van der Waals surface area contributed by atoms with Gasteiger partial charge in [0, 0.05) is 24.3 Å². The van der Waals surface area contributed by atoms with Gasteiger partial charge in [-0.15, -0.1) is 0 Å². The number of halogens is 1. The van der Waals surface area contributed by atoms with Gasteiger partial charge in [0.25, 0.3) is 0 Å². The second-order valence-electron chi connectivity index (χ2n) is 6.85. The van der Waals surface area contributed by atoms with E-state index in [1.54, 1.807) is 0 Å². The molecule has 0 heterocycles. The van der Waals surface area contributed by atoms with Crippen LogP contribution in [-0.2, 0) is 11.3 Å². The molecule has 6 heteroatoms. The van der Waals surface area contributed by atoms with E-state index in [1.807, 2.05) is 64.1 Å². The van der Waals surface area contributed by atoms with E-state index in [0.717, 1.165) is 32.9 Å². The van der Waals surface area contributed by atoms with Gasteiger partial charge in [-0.25, -0.2) is 0 Å². The van der Waals surface area contributed by atoms with E-state index in [1.165, 1.54) is 0 Å². The molecule has 2 N–H and O–H groups in total. The van der Waals surface area contributed by atoms with Crippen molar-refractivity contribution in [2.75, 3.05) is 23.8 Å². The first-order valence-corrected chi connectivity index (χ1v) is 10.4. The molecule has 0 unspecified atom stereocenters. The summed E-state index contributed by atoms with van der Waals surface area (Å²) >= 11 is 3.57. The highest BCUT2D eigenvalue weighted by molar-refractivity contribution is 9.10. The summed E-state index contributed by atoms with van der Waals surface area (Å²) < 4.78 is 12.3. The lowest BCUT2D eigenvalue weighted by molar-refractivity contribution is -0.116. The van der Waals surface area contributed by atoms with Crippen molar-refractivity contribution in [1.29, 1.82) is 0 Å². The topological polar surface area (TPSA) is 59.6 Å². The molecule has 2 rings (SSSR count). The normalized spacial score (nSPS) is 10.6. The van der Waals surface area contributed by atoms with Gasteiger partial charge < -0.3 is 20.1 Å². The summed E-state index contributed by atoms with van der Waals surface area (Å²) in [6.07, 6.45) is 0.512. The molecule has 0 aliphatic rings. The third-order valence-corrected chi connectivity index (χ3v) is 4.48. The number of nitrogens with one attached hydrogen (secondary N) is 2. The molecule has 0 bridgehead atoms. The van der Waals surface area contributed by atoms with Crippen molar-refractivity contribution in [3.05, 3.63) is 46.4 Å². The van der Waals surface area contributed by atoms with Crippen LogP contribution in [0.2, 0.25) is 0 Å². The van der Waals surface area contributed by atoms with Crippen LogP contribution >= 0.6 is 15.9 Å². The third-order valence-electron chi connectivity index (χ3n) is 3.89. The lowest BCUT2D eigenvalue weighted by Crippen LogP contribution is -2.13. The van der Waals surface area contributed by atoms with Crippen molar-refractivity contribution < 1.29 is 14.3 Å². The summed E-state index contributed by atoms with van der Waals surface area (Å²) in [5.41, 5.74) is 2.79. The van der Waals surface area contributed by atoms with Crippen molar-refractivity contribution in [1.82, 2.24) is 0 Å². The van der Waals surface area contributed by atoms with Crippen molar-refractivity contribution in [3.8, 4) is 11.5 Å². The Morgan fingerprint density at radius 2 is 1.79 bits per heavy atom. The van der Waals surface area contributed by atoms with Gasteiger partial charge in [-0.3, -0.25) is 4.79 Å². The van der Waals surface area contributed by atoms with Gasteiger partial charge in [-0.05, 0) is 71.6 Å². The number of benzene rings is 2. The third kappa shape index (κ3) is 6.75. The molecule has 0 spiro atoms. The highest BCUT2D eigenvalue weighted by atomic mass is 79.9. The van der Waals surface area contributed by atoms with E-state index in [2.05, 4.69) is 26.6 Å². The molecule has 0 saturated carbocycles. The lowest BCUT2D eigenvalue weighted by Gasteiger charge is -2.15. The van der Waals surface area contributed by atoms with Crippen LogP contribution in [0, 0.1) is 5.92 Å². The van der Waals surface area contributed by atoms with Gasteiger partial charge in [-0.1, -0.05) is 19.9 Å². The van der Waals surface area contributed by atoms with Crippen LogP contribution in [0.25, 0.3) is 0 Å². The Morgan fingerprint density at radius 3 is 2.46 bits per heavy atom. The molecule has 0 saturated heterocycles. The first kappa shape index (κ1) is 22.1. The fourth-order valence-electron chi connectivity index (χ4n) is 2.76. The van der Waals surface area contributed by atoms with Gasteiger partial charge >= 0.3 is 0 Å². The number of carbonyl (C=O) groups excluding carboxylic acids is 1. The molecule has 0 aliphatic heterocycles. The van der Waals surface area contributed by atoms with Crippen LogP contribution in [0.4, 0.5) is 11.4 Å². The quantitative estimate of drug-likeness (QED) is 0.478. The lowest BCUT2D eigenvalue weighted by atomic mass is 10.1. The number of hydrogen-bond donors (Lipinski definition) is 2. The molecular weight excluding hydrogens is 420 g/mol. The molecule has 152 valence electrons. The van der Waals surface area contributed by atoms with Crippen LogP contribution in [0.1, 0.15) is 39.7 Å². The van der Waals surface area contributed by atoms with Crippen LogP contribution < -0.4 is 20.1 Å². The minimum atomic E-state index is 0.0314. The van der Waals surface area contributed by atoms with Gasteiger partial charge in [-0.2, -0.15) is 0 Å². The SMILES string of the molecule is CCOc1cc(CNc2cccc(NC(=O)CC(C)C)c2)cc(Br)c1OCC. The molecule has 0 aromatic heterocycles. The van der Waals surface area contributed by atoms with E-state index in [0.29, 0.717) is 32.1 Å². The first-order chi connectivity index (χ1) is 13.4. The fourth-order valence-corrected chi connectivity index (χ4v) is 3.37. The van der Waals surface area contributed by atoms with Crippen LogP contribution in [0.5, 0.6) is 11.5 Å². The average Bonchev–Trinajstić information content (AvgIpc) is 2.62. The standard InChI is InChI=1S/C22H29BrN2O3/c1-5-27-20-12-16(11-19(23)22(20)28-6-2)14-24-17-8-7-9-18(13-17)25-21(26)10-15(3)4/h7-9,11-13,15,24H,5-6,10,14H2,1-4H3,(H,25,26). The molecule has 28 heavy (non-hydrogen) atoms. The number of ether oxygens (including phenoxy) is 2. The Labute approximate surface area is 175 Å². The molecule has 2 aromatic carbocycles. The summed E-state index contributed by atoms with van der Waals surface area (Å²) in [6.45, 7) is 9.73. The van der Waals surface area contributed by atoms with Gasteiger partial charge in [0.15, 0.2) is 11.5 Å². The summed E-state index contributed by atoms with van der Waals surface area (Å²) in [4.78, 5) is 12.0. The Balaban J connectivity index is 2.07. The zero-order valence-electron chi connectivity index (χ0n) is 17.0. The Bertz CT molecular complexity index is 793. The van der Waals surface area contributed by atoms with Crippen molar-refractivity contribution in [2.45, 2.75) is 40.7 Å². The van der Waals surface area contributed by atoms with Crippen molar-refractivity contribution >= 4 is 33.2 Å². The molecule has 0 atom stereocenters. The second-order valence-corrected chi connectivity index (χ2v) is 7.71. The maximum Gasteiger partial charge on any atom is 0.224 e. The molecule has 5 nitrogen and oxygen atoms in total. The molecule has 0 fully saturated rings. The zero-order valence-corrected chi connectivity index (χ0v) is 18.6. The number of amides is 1. The molecule has 0 radical (unpaired) electrons. The summed E-state index contributed by atoms with van der Waals surface area (Å²) in [7, 11) is 0. The average molecular weight is 449 g/mol. The number of rotatable bonds is 10. The summed E-state index contributed by atoms with van der Waals surface area (Å²) in [6, 6.07) is 11.7. The van der Waals surface area contributed by atoms with Gasteiger partial charge in [0.05, 0.1) is 17.7 Å². The van der Waals surface area contributed by atoms with Gasteiger partial charge in [0.1, 0.15) is 0 Å². The second kappa shape index (κ2) is 11.0. The zero-order chi connectivity index (χ0) is 20.5. The molecular formula is C22H29BrN2O3. The maximum atomic E-state index is 12.0. The highest BCUT2D eigenvalue weighted by Crippen LogP contribution is 2.37. The van der Waals surface area contributed by atoms with E-state index in [4.69, 9.17) is 9.47 Å². The molecule has 0 aliphatic carbocycles. The monoisotopic (exact) mass is 448 g/mol. The van der Waals surface area contributed by atoms with Crippen molar-refractivity contribution in [2.24, 2.45) is 5.92 Å². The minimum Gasteiger partial charge on any atom is -0.490 e. The van der Waals surface area contributed by atoms with Crippen molar-refractivity contribution in [3.63, 3.8) is 0 Å². The fraction of sp³-hybridized carbons (Fsp3) is 0.409. The van der Waals surface area contributed by atoms with E-state index >= 15 is 0 Å². The Kier molecular flexibility index (Phi) is 8.64. The largest absolute Gasteiger partial charge is 0.490 e. The Morgan fingerprint density at radius 1 is 1.07 bits per heavy atom. The summed E-state index contributed by atoms with van der Waals surface area (Å²) in [5, 5.41) is 6.34. The number of hydrogen-bond acceptors (Lipinski definition) is 4. The molecule has 1 amide bonds. The maximum absolute atomic E-state index is 12.0. The minimum absolute atomic E-state index is 0.0314. The number of anilines is 2. The highest BCUT2D eigenvalue weighted by Gasteiger charge is 2.12. The van der Waals surface area contributed by atoms with Crippen LogP contribution in [0.15, 0.2) is 40.9 Å². The van der Waals surface area contributed by atoms with Crippen LogP contribution in [-0.4, -0.2) is 19.1 Å². The van der Waals surface area contributed by atoms with Crippen LogP contribution in [0.3, 0.4) is 0 Å². The van der Waals surface area contributed by atoms with E-state index in [9.17, 15) is 4.79 Å². The van der Waals surface area contributed by atoms with E-state index in [-0.39, 0.29) is 5.91 Å². The van der Waals surface area contributed by atoms with E-state index < -0.39 is 0 Å². The summed E-state index contributed by atoms with van der Waals surface area (Å²) in [5.74, 6) is 1.82. The smallest absolute Gasteiger partial charge is 0.224 e. The first-order valence-electron chi connectivity index (χ1n) is 9.64. The predicted octanol–water partition coefficient (Wildman–Crippen LogP) is 5.84. The molecule has 2 aromatic rings.